The number of fused-ring (bicyclic) bond motifs is 13. The molecule has 11 aromatic carbocycles. The molecule has 69 heavy (non-hydrogen) atoms. The largest absolute Gasteiger partial charge is 0.309 e. The highest BCUT2D eigenvalue weighted by atomic mass is 32.1. The summed E-state index contributed by atoms with van der Waals surface area (Å²) in [5, 5.41) is 2.54. The Labute approximate surface area is 406 Å². The van der Waals surface area contributed by atoms with Crippen molar-refractivity contribution in [2.45, 2.75) is 5.41 Å². The maximum atomic E-state index is 2.50. The Bertz CT molecular complexity index is 3910. The highest BCUT2D eigenvalue weighted by Gasteiger charge is 2.51. The van der Waals surface area contributed by atoms with Crippen LogP contribution in [-0.2, 0) is 5.41 Å². The van der Waals surface area contributed by atoms with E-state index in [9.17, 15) is 0 Å². The molecule has 0 radical (unpaired) electrons. The van der Waals surface area contributed by atoms with Gasteiger partial charge in [-0.1, -0.05) is 218 Å². The number of rotatable bonds is 7. The molecule has 0 bridgehead atoms. The van der Waals surface area contributed by atoms with Gasteiger partial charge in [0.1, 0.15) is 0 Å². The summed E-state index contributed by atoms with van der Waals surface area (Å²) < 4.78 is 2.56. The van der Waals surface area contributed by atoms with E-state index in [0.717, 1.165) is 22.6 Å². The predicted molar refractivity (Wildman–Crippen MR) is 292 cm³/mol. The first-order valence-corrected chi connectivity index (χ1v) is 24.7. The molecule has 0 saturated carbocycles. The standard InChI is InChI=1S/C67H43NS/c1-2-19-45(20-3-1)48-21-4-5-22-49(48)50-23-6-7-24-51(50)56-28-11-16-33-62(56)68(63-34-18-36-65-66(63)57-29-12-17-35-64(57)69-65)47-40-37-44(38-41-47)46-39-42-55-54-27-10-15-32-60(54)67(61(55)43-46)58-30-13-8-25-52(58)53-26-9-14-31-59(53)67/h1-43H. The van der Waals surface area contributed by atoms with Gasteiger partial charge in [0.05, 0.1) is 16.8 Å². The second-order valence-corrected chi connectivity index (χ2v) is 19.3. The van der Waals surface area contributed by atoms with Crippen LogP contribution in [0.5, 0.6) is 0 Å². The molecule has 14 rings (SSSR count). The highest BCUT2D eigenvalue weighted by Crippen LogP contribution is 2.63. The third-order valence-corrected chi connectivity index (χ3v) is 15.9. The monoisotopic (exact) mass is 893 g/mol. The van der Waals surface area contributed by atoms with E-state index < -0.39 is 5.41 Å². The van der Waals surface area contributed by atoms with E-state index >= 15 is 0 Å². The molecular weight excluding hydrogens is 851 g/mol. The van der Waals surface area contributed by atoms with Gasteiger partial charge in [0.25, 0.3) is 0 Å². The van der Waals surface area contributed by atoms with Crippen molar-refractivity contribution in [3.05, 3.63) is 283 Å². The molecule has 2 heteroatoms. The van der Waals surface area contributed by atoms with Crippen LogP contribution in [0.25, 0.3) is 86.9 Å². The molecule has 0 saturated heterocycles. The average Bonchev–Trinajstić information content (AvgIpc) is 4.06. The summed E-state index contributed by atoms with van der Waals surface area (Å²) in [5.74, 6) is 0. The van der Waals surface area contributed by atoms with Crippen LogP contribution >= 0.6 is 11.3 Å². The van der Waals surface area contributed by atoms with E-state index in [-0.39, 0.29) is 0 Å². The van der Waals surface area contributed by atoms with Crippen LogP contribution in [0, 0.1) is 0 Å². The number of benzene rings is 11. The lowest BCUT2D eigenvalue weighted by molar-refractivity contribution is 0.794. The van der Waals surface area contributed by atoms with E-state index in [0.29, 0.717) is 0 Å². The molecular formula is C67H43NS. The lowest BCUT2D eigenvalue weighted by Gasteiger charge is -2.31. The van der Waals surface area contributed by atoms with Crippen molar-refractivity contribution in [1.29, 1.82) is 0 Å². The fourth-order valence-corrected chi connectivity index (χ4v) is 13.0. The molecule has 12 aromatic rings. The Kier molecular flexibility index (Phi) is 9.05. The number of para-hydroxylation sites is 1. The van der Waals surface area contributed by atoms with Gasteiger partial charge in [-0.3, -0.25) is 0 Å². The summed E-state index contributed by atoms with van der Waals surface area (Å²) in [4.78, 5) is 2.50. The average molecular weight is 894 g/mol. The third kappa shape index (κ3) is 5.96. The van der Waals surface area contributed by atoms with Gasteiger partial charge in [0, 0.05) is 31.4 Å². The third-order valence-electron chi connectivity index (χ3n) is 14.7. The van der Waals surface area contributed by atoms with Gasteiger partial charge < -0.3 is 4.90 Å². The van der Waals surface area contributed by atoms with Gasteiger partial charge in [0.2, 0.25) is 0 Å². The molecule has 0 amide bonds. The molecule has 0 aliphatic heterocycles. The van der Waals surface area contributed by atoms with Crippen LogP contribution in [-0.4, -0.2) is 0 Å². The zero-order valence-corrected chi connectivity index (χ0v) is 38.5. The van der Waals surface area contributed by atoms with E-state index in [1.165, 1.54) is 104 Å². The molecule has 1 aromatic heterocycles. The van der Waals surface area contributed by atoms with Crippen molar-refractivity contribution in [1.82, 2.24) is 0 Å². The van der Waals surface area contributed by atoms with E-state index in [1.54, 1.807) is 0 Å². The van der Waals surface area contributed by atoms with Gasteiger partial charge in [-0.05, 0) is 126 Å². The SMILES string of the molecule is c1ccc(-c2ccccc2-c2ccccc2-c2ccccc2N(c2ccc(-c3ccc4c(c3)C3(c5ccccc5-c5ccccc53)c3ccccc3-4)cc2)c2cccc3sc4ccccc4c23)cc1. The van der Waals surface area contributed by atoms with E-state index in [1.807, 2.05) is 11.3 Å². The molecule has 1 heterocycles. The van der Waals surface area contributed by atoms with Crippen molar-refractivity contribution < 1.29 is 0 Å². The zero-order chi connectivity index (χ0) is 45.5. The first kappa shape index (κ1) is 39.6. The maximum Gasteiger partial charge on any atom is 0.0725 e. The van der Waals surface area contributed by atoms with Crippen LogP contribution in [0.15, 0.2) is 261 Å². The van der Waals surface area contributed by atoms with Crippen LogP contribution in [0.4, 0.5) is 17.1 Å². The molecule has 2 aliphatic carbocycles. The van der Waals surface area contributed by atoms with Crippen molar-refractivity contribution in [2.24, 2.45) is 0 Å². The van der Waals surface area contributed by atoms with Crippen molar-refractivity contribution >= 4 is 48.6 Å². The van der Waals surface area contributed by atoms with Crippen molar-refractivity contribution in [3.8, 4) is 66.8 Å². The summed E-state index contributed by atoms with van der Waals surface area (Å²) >= 11 is 1.86. The summed E-state index contributed by atoms with van der Waals surface area (Å²) in [5.41, 5.74) is 23.2. The zero-order valence-electron chi connectivity index (χ0n) is 37.7. The Hall–Kier alpha value is -8.56. The molecule has 1 spiro atoms. The summed E-state index contributed by atoms with van der Waals surface area (Å²) in [6.07, 6.45) is 0. The maximum absolute atomic E-state index is 2.50. The van der Waals surface area contributed by atoms with Crippen LogP contribution in [0.3, 0.4) is 0 Å². The Morgan fingerprint density at radius 3 is 1.41 bits per heavy atom. The molecule has 1 nitrogen and oxygen atoms in total. The minimum atomic E-state index is -0.393. The fraction of sp³-hybridized carbons (Fsp3) is 0.0149. The molecule has 2 aliphatic rings. The van der Waals surface area contributed by atoms with Gasteiger partial charge in [-0.15, -0.1) is 11.3 Å². The number of anilines is 3. The van der Waals surface area contributed by atoms with Crippen LogP contribution in [0.1, 0.15) is 22.3 Å². The van der Waals surface area contributed by atoms with Gasteiger partial charge >= 0.3 is 0 Å². The van der Waals surface area contributed by atoms with E-state index in [4.69, 9.17) is 0 Å². The van der Waals surface area contributed by atoms with Gasteiger partial charge in [0.15, 0.2) is 0 Å². The smallest absolute Gasteiger partial charge is 0.0725 e. The van der Waals surface area contributed by atoms with Crippen molar-refractivity contribution in [2.75, 3.05) is 4.90 Å². The highest BCUT2D eigenvalue weighted by molar-refractivity contribution is 7.26. The minimum Gasteiger partial charge on any atom is -0.309 e. The Balaban J connectivity index is 0.948. The Morgan fingerprint density at radius 1 is 0.275 bits per heavy atom. The summed E-state index contributed by atoms with van der Waals surface area (Å²) in [6, 6.07) is 96.7. The molecule has 0 atom stereocenters. The minimum absolute atomic E-state index is 0.393. The predicted octanol–water partition coefficient (Wildman–Crippen LogP) is 18.5. The van der Waals surface area contributed by atoms with E-state index in [2.05, 4.69) is 266 Å². The van der Waals surface area contributed by atoms with Crippen molar-refractivity contribution in [3.63, 3.8) is 0 Å². The molecule has 322 valence electrons. The summed E-state index contributed by atoms with van der Waals surface area (Å²) in [7, 11) is 0. The topological polar surface area (TPSA) is 3.24 Å². The second-order valence-electron chi connectivity index (χ2n) is 18.3. The lowest BCUT2D eigenvalue weighted by atomic mass is 9.70. The molecule has 0 fully saturated rings. The number of hydrogen-bond donors (Lipinski definition) is 0. The first-order valence-electron chi connectivity index (χ1n) is 23.8. The summed E-state index contributed by atoms with van der Waals surface area (Å²) in [6.45, 7) is 0. The second kappa shape index (κ2) is 15.8. The van der Waals surface area contributed by atoms with Gasteiger partial charge in [-0.25, -0.2) is 0 Å². The number of nitrogens with zero attached hydrogens (tertiary/aromatic N) is 1. The van der Waals surface area contributed by atoms with Crippen LogP contribution < -0.4 is 4.90 Å². The van der Waals surface area contributed by atoms with Crippen LogP contribution in [0.2, 0.25) is 0 Å². The number of thiophene rings is 1. The Morgan fingerprint density at radius 2 is 0.739 bits per heavy atom. The molecule has 0 N–H and O–H groups in total. The normalized spacial score (nSPS) is 12.8. The first-order chi connectivity index (χ1) is 34.3. The fourth-order valence-electron chi connectivity index (χ4n) is 11.9. The van der Waals surface area contributed by atoms with Gasteiger partial charge in [-0.2, -0.15) is 0 Å². The quantitative estimate of drug-likeness (QED) is 0.154. The lowest BCUT2D eigenvalue weighted by Crippen LogP contribution is -2.25. The molecule has 0 unspecified atom stereocenters. The number of hydrogen-bond acceptors (Lipinski definition) is 2.